The standard InChI is InChI=1S/C27H47N5O4/c1-27(2,3)36-26(33)28-12-13-30(4)20-24-23(19-32(29-24)25-7-5-6-16-35-25)21-8-10-22(11-9-21)31-14-17-34-18-15-31/h8,22-23,25H,5-7,9-20H2,1-4H3,(H,28,33). The highest BCUT2D eigenvalue weighted by Gasteiger charge is 2.36. The van der Waals surface area contributed by atoms with Crippen molar-refractivity contribution in [3.05, 3.63) is 11.6 Å². The van der Waals surface area contributed by atoms with Gasteiger partial charge in [0.2, 0.25) is 0 Å². The first-order chi connectivity index (χ1) is 17.3. The van der Waals surface area contributed by atoms with Crippen LogP contribution in [0.2, 0.25) is 0 Å². The van der Waals surface area contributed by atoms with Crippen molar-refractivity contribution in [2.75, 3.05) is 66.1 Å². The van der Waals surface area contributed by atoms with Crippen LogP contribution in [0.25, 0.3) is 0 Å². The summed E-state index contributed by atoms with van der Waals surface area (Å²) in [4.78, 5) is 16.8. The summed E-state index contributed by atoms with van der Waals surface area (Å²) >= 11 is 0. The molecule has 4 aliphatic rings. The molecule has 2 fully saturated rings. The third kappa shape index (κ3) is 7.91. The number of ether oxygens (including phenoxy) is 3. The van der Waals surface area contributed by atoms with Gasteiger partial charge in [-0.3, -0.25) is 14.8 Å². The minimum absolute atomic E-state index is 0.100. The molecule has 0 aromatic rings. The van der Waals surface area contributed by atoms with E-state index in [0.717, 1.165) is 78.2 Å². The molecule has 1 amide bonds. The summed E-state index contributed by atoms with van der Waals surface area (Å²) in [5, 5.41) is 10.2. The van der Waals surface area contributed by atoms with E-state index in [4.69, 9.17) is 19.3 Å². The highest BCUT2D eigenvalue weighted by Crippen LogP contribution is 2.33. The Kier molecular flexibility index (Phi) is 9.66. The lowest BCUT2D eigenvalue weighted by atomic mass is 9.84. The number of hydrogen-bond acceptors (Lipinski definition) is 8. The Bertz CT molecular complexity index is 784. The second-order valence-electron chi connectivity index (χ2n) is 11.6. The van der Waals surface area contributed by atoms with Crippen molar-refractivity contribution in [1.29, 1.82) is 0 Å². The topological polar surface area (TPSA) is 78.9 Å². The van der Waals surface area contributed by atoms with Gasteiger partial charge in [0.1, 0.15) is 11.8 Å². The molecule has 3 unspecified atom stereocenters. The van der Waals surface area contributed by atoms with Crippen molar-refractivity contribution < 1.29 is 19.0 Å². The van der Waals surface area contributed by atoms with Crippen molar-refractivity contribution in [3.63, 3.8) is 0 Å². The zero-order valence-corrected chi connectivity index (χ0v) is 22.8. The van der Waals surface area contributed by atoms with Crippen LogP contribution in [-0.2, 0) is 14.2 Å². The minimum Gasteiger partial charge on any atom is -0.444 e. The largest absolute Gasteiger partial charge is 0.444 e. The third-order valence-corrected chi connectivity index (χ3v) is 7.54. The van der Waals surface area contributed by atoms with Gasteiger partial charge in [-0.25, -0.2) is 4.79 Å². The summed E-state index contributed by atoms with van der Waals surface area (Å²) < 4.78 is 17.0. The summed E-state index contributed by atoms with van der Waals surface area (Å²) in [5.41, 5.74) is 2.28. The average molecular weight is 506 g/mol. The van der Waals surface area contributed by atoms with Crippen LogP contribution < -0.4 is 5.32 Å². The maximum atomic E-state index is 12.0. The molecule has 9 nitrogen and oxygen atoms in total. The molecule has 0 aromatic carbocycles. The van der Waals surface area contributed by atoms with Gasteiger partial charge in [0.15, 0.2) is 0 Å². The second-order valence-corrected chi connectivity index (χ2v) is 11.6. The number of likely N-dealkylation sites (N-methyl/N-ethyl adjacent to an activating group) is 1. The molecule has 204 valence electrons. The molecular formula is C27H47N5O4. The van der Waals surface area contributed by atoms with E-state index in [0.29, 0.717) is 18.5 Å². The number of hydrogen-bond donors (Lipinski definition) is 1. The number of nitrogens with one attached hydrogen (secondary N) is 1. The Morgan fingerprint density at radius 3 is 2.69 bits per heavy atom. The van der Waals surface area contributed by atoms with Crippen LogP contribution in [0.5, 0.6) is 0 Å². The summed E-state index contributed by atoms with van der Waals surface area (Å²) in [6.07, 6.45) is 9.10. The zero-order chi connectivity index (χ0) is 25.5. The molecule has 9 heteroatoms. The van der Waals surface area contributed by atoms with E-state index in [9.17, 15) is 4.79 Å². The number of morpholine rings is 1. The maximum absolute atomic E-state index is 12.0. The first-order valence-corrected chi connectivity index (χ1v) is 13.9. The van der Waals surface area contributed by atoms with E-state index in [-0.39, 0.29) is 12.3 Å². The minimum atomic E-state index is -0.485. The molecule has 0 spiro atoms. The van der Waals surface area contributed by atoms with Crippen LogP contribution in [-0.4, -0.2) is 111 Å². The van der Waals surface area contributed by atoms with Crippen LogP contribution in [0.4, 0.5) is 4.79 Å². The third-order valence-electron chi connectivity index (χ3n) is 7.54. The number of nitrogens with zero attached hydrogens (tertiary/aromatic N) is 4. The molecular weight excluding hydrogens is 458 g/mol. The van der Waals surface area contributed by atoms with E-state index in [2.05, 4.69) is 33.2 Å². The summed E-state index contributed by atoms with van der Waals surface area (Å²) in [6.45, 7) is 13.3. The molecule has 36 heavy (non-hydrogen) atoms. The van der Waals surface area contributed by atoms with E-state index < -0.39 is 5.60 Å². The van der Waals surface area contributed by atoms with E-state index >= 15 is 0 Å². The number of amides is 1. The molecule has 3 aliphatic heterocycles. The highest BCUT2D eigenvalue weighted by molar-refractivity contribution is 5.92. The van der Waals surface area contributed by atoms with Crippen LogP contribution in [0.1, 0.15) is 59.3 Å². The van der Waals surface area contributed by atoms with Gasteiger partial charge in [0.05, 0.1) is 25.5 Å². The van der Waals surface area contributed by atoms with Gasteiger partial charge in [0.25, 0.3) is 0 Å². The first kappa shape index (κ1) is 27.4. The SMILES string of the molecule is CN(CCNC(=O)OC(C)(C)C)CC1=NN(C2CCCCO2)CC1C1=CCC(N2CCOCC2)CC1. The van der Waals surface area contributed by atoms with Crippen molar-refractivity contribution >= 4 is 11.8 Å². The molecule has 2 saturated heterocycles. The predicted molar refractivity (Wildman–Crippen MR) is 141 cm³/mol. The van der Waals surface area contributed by atoms with E-state index in [1.807, 2.05) is 20.8 Å². The highest BCUT2D eigenvalue weighted by atomic mass is 16.6. The van der Waals surface area contributed by atoms with Crippen LogP contribution in [0.3, 0.4) is 0 Å². The second kappa shape index (κ2) is 12.7. The normalized spacial score (nSPS) is 28.1. The molecule has 1 N–H and O–H groups in total. The summed E-state index contributed by atoms with van der Waals surface area (Å²) in [6, 6.07) is 0.638. The van der Waals surface area contributed by atoms with Crippen molar-refractivity contribution in [1.82, 2.24) is 20.1 Å². The number of hydrazone groups is 1. The Balaban J connectivity index is 1.34. The summed E-state index contributed by atoms with van der Waals surface area (Å²) in [7, 11) is 2.10. The molecule has 0 bridgehead atoms. The van der Waals surface area contributed by atoms with Gasteiger partial charge in [-0.2, -0.15) is 5.10 Å². The zero-order valence-electron chi connectivity index (χ0n) is 22.8. The van der Waals surface area contributed by atoms with Gasteiger partial charge < -0.3 is 19.5 Å². The monoisotopic (exact) mass is 505 g/mol. The Hall–Kier alpha value is -1.68. The number of carbonyl (C=O) groups is 1. The van der Waals surface area contributed by atoms with Gasteiger partial charge in [-0.05, 0) is 66.3 Å². The Morgan fingerprint density at radius 2 is 2.03 bits per heavy atom. The number of rotatable bonds is 8. The number of carbonyl (C=O) groups excluding carboxylic acids is 1. The van der Waals surface area contributed by atoms with E-state index in [1.54, 1.807) is 0 Å². The smallest absolute Gasteiger partial charge is 0.407 e. The molecule has 3 heterocycles. The van der Waals surface area contributed by atoms with E-state index in [1.165, 1.54) is 24.1 Å². The fraction of sp³-hybridized carbons (Fsp3) is 0.852. The average Bonchev–Trinajstić information content (AvgIpc) is 3.28. The molecule has 0 aromatic heterocycles. The van der Waals surface area contributed by atoms with Crippen molar-refractivity contribution in [3.8, 4) is 0 Å². The molecule has 0 radical (unpaired) electrons. The quantitative estimate of drug-likeness (QED) is 0.508. The lowest BCUT2D eigenvalue weighted by Crippen LogP contribution is -2.44. The molecule has 0 saturated carbocycles. The van der Waals surface area contributed by atoms with Crippen LogP contribution in [0.15, 0.2) is 16.8 Å². The van der Waals surface area contributed by atoms with Crippen molar-refractivity contribution in [2.24, 2.45) is 11.0 Å². The van der Waals surface area contributed by atoms with Crippen LogP contribution >= 0.6 is 0 Å². The lowest BCUT2D eigenvalue weighted by molar-refractivity contribution is -0.0825. The maximum Gasteiger partial charge on any atom is 0.407 e. The van der Waals surface area contributed by atoms with Gasteiger partial charge >= 0.3 is 6.09 Å². The lowest BCUT2D eigenvalue weighted by Gasteiger charge is -2.37. The van der Waals surface area contributed by atoms with Gasteiger partial charge in [-0.1, -0.05) is 11.6 Å². The van der Waals surface area contributed by atoms with Gasteiger partial charge in [0, 0.05) is 51.3 Å². The molecule has 4 rings (SSSR count). The number of alkyl carbamates (subject to hydrolysis) is 1. The fourth-order valence-electron chi connectivity index (χ4n) is 5.63. The fourth-order valence-corrected chi connectivity index (χ4v) is 5.63. The molecule has 1 aliphatic carbocycles. The first-order valence-electron chi connectivity index (χ1n) is 13.9. The van der Waals surface area contributed by atoms with Crippen molar-refractivity contribution in [2.45, 2.75) is 77.2 Å². The van der Waals surface area contributed by atoms with Crippen LogP contribution in [0, 0.1) is 5.92 Å². The predicted octanol–water partition coefficient (Wildman–Crippen LogP) is 3.07. The Labute approximate surface area is 217 Å². The van der Waals surface area contributed by atoms with Gasteiger partial charge in [-0.15, -0.1) is 0 Å². The Morgan fingerprint density at radius 1 is 1.22 bits per heavy atom. The summed E-state index contributed by atoms with van der Waals surface area (Å²) in [5.74, 6) is 0.349. The molecule has 3 atom stereocenters.